The van der Waals surface area contributed by atoms with Crippen LogP contribution in [0.15, 0.2) is 30.3 Å². The van der Waals surface area contributed by atoms with Crippen molar-refractivity contribution in [2.75, 3.05) is 26.7 Å². The van der Waals surface area contributed by atoms with Gasteiger partial charge in [-0.05, 0) is 51.4 Å². The highest BCUT2D eigenvalue weighted by Gasteiger charge is 2.55. The molecule has 1 aromatic carbocycles. The molecule has 0 spiro atoms. The molecule has 1 N–H and O–H groups in total. The van der Waals surface area contributed by atoms with Crippen LogP contribution in [0.4, 0.5) is 0 Å². The molecule has 25 heavy (non-hydrogen) atoms. The van der Waals surface area contributed by atoms with E-state index in [-0.39, 0.29) is 11.3 Å². The van der Waals surface area contributed by atoms with Gasteiger partial charge in [0.25, 0.3) is 0 Å². The van der Waals surface area contributed by atoms with Gasteiger partial charge in [0, 0.05) is 24.5 Å². The van der Waals surface area contributed by atoms with Gasteiger partial charge in [-0.1, -0.05) is 37.3 Å². The van der Waals surface area contributed by atoms with E-state index in [0.29, 0.717) is 24.0 Å². The molecular formula is C21H30N2O2. The predicted octanol–water partition coefficient (Wildman–Crippen LogP) is 2.58. The number of hydrogen-bond acceptors (Lipinski definition) is 3. The third-order valence-corrected chi connectivity index (χ3v) is 6.90. The van der Waals surface area contributed by atoms with Gasteiger partial charge in [-0.25, -0.2) is 0 Å². The number of benzene rings is 1. The van der Waals surface area contributed by atoms with Crippen LogP contribution in [0, 0.1) is 11.8 Å². The average molecular weight is 342 g/mol. The smallest absolute Gasteiger partial charge is 0.230 e. The highest BCUT2D eigenvalue weighted by atomic mass is 16.5. The van der Waals surface area contributed by atoms with Gasteiger partial charge < -0.3 is 15.0 Å². The summed E-state index contributed by atoms with van der Waals surface area (Å²) in [5.41, 5.74) is 0.795. The Hall–Kier alpha value is -1.39. The first-order valence-corrected chi connectivity index (χ1v) is 9.82. The summed E-state index contributed by atoms with van der Waals surface area (Å²) in [6.45, 7) is 5.01. The quantitative estimate of drug-likeness (QED) is 0.914. The van der Waals surface area contributed by atoms with E-state index >= 15 is 0 Å². The van der Waals surface area contributed by atoms with Gasteiger partial charge in [-0.15, -0.1) is 0 Å². The van der Waals surface area contributed by atoms with E-state index in [1.807, 2.05) is 6.07 Å². The molecule has 0 aromatic heterocycles. The third kappa shape index (κ3) is 2.80. The minimum Gasteiger partial charge on any atom is -0.377 e. The van der Waals surface area contributed by atoms with Gasteiger partial charge in [0.05, 0.1) is 11.5 Å². The average Bonchev–Trinajstić information content (AvgIpc) is 3.06. The molecule has 2 heterocycles. The highest BCUT2D eigenvalue weighted by molar-refractivity contribution is 5.89. The normalized spacial score (nSPS) is 34.2. The van der Waals surface area contributed by atoms with E-state index in [9.17, 15) is 4.79 Å². The summed E-state index contributed by atoms with van der Waals surface area (Å²) in [6.07, 6.45) is 4.34. The zero-order valence-electron chi connectivity index (χ0n) is 15.4. The predicted molar refractivity (Wildman–Crippen MR) is 98.4 cm³/mol. The molecule has 4 heteroatoms. The fourth-order valence-corrected chi connectivity index (χ4v) is 5.22. The van der Waals surface area contributed by atoms with Gasteiger partial charge in [0.2, 0.25) is 5.91 Å². The summed E-state index contributed by atoms with van der Waals surface area (Å²) >= 11 is 0. The second kappa shape index (κ2) is 6.73. The molecule has 1 aromatic rings. The molecule has 1 saturated carbocycles. The Bertz CT molecular complexity index is 610. The van der Waals surface area contributed by atoms with Gasteiger partial charge >= 0.3 is 0 Å². The molecule has 4 atom stereocenters. The summed E-state index contributed by atoms with van der Waals surface area (Å²) < 4.78 is 5.88. The lowest BCUT2D eigenvalue weighted by Crippen LogP contribution is -2.64. The molecule has 136 valence electrons. The maximum absolute atomic E-state index is 13.5. The first-order valence-electron chi connectivity index (χ1n) is 9.82. The number of ether oxygens (including phenoxy) is 1. The Kier molecular flexibility index (Phi) is 4.59. The topological polar surface area (TPSA) is 41.6 Å². The number of nitrogens with zero attached hydrogens (tertiary/aromatic N) is 1. The second-order valence-corrected chi connectivity index (χ2v) is 8.11. The minimum absolute atomic E-state index is 0.237. The Labute approximate surface area is 150 Å². The SMILES string of the molecule is CC[C@@H]1[C@H](NC(=O)C2(c3ccccc3)CCN(C)CC2)[C@@H]2CCO[C@H]12. The third-order valence-electron chi connectivity index (χ3n) is 6.90. The van der Waals surface area contributed by atoms with Gasteiger partial charge in [-0.2, -0.15) is 0 Å². The number of carbonyl (C=O) groups excluding carboxylic acids is 1. The van der Waals surface area contributed by atoms with Crippen molar-refractivity contribution >= 4 is 5.91 Å². The standard InChI is InChI=1S/C21H30N2O2/c1-3-16-18(17-9-14-25-19(16)17)22-20(24)21(10-12-23(2)13-11-21)15-7-5-4-6-8-15/h4-8,16-19H,3,9-14H2,1-2H3,(H,22,24)/t16-,17+,18+,19-/m1/s1. The molecule has 4 rings (SSSR count). The Morgan fingerprint density at radius 1 is 1.28 bits per heavy atom. The Morgan fingerprint density at radius 2 is 2.00 bits per heavy atom. The number of rotatable bonds is 4. The van der Waals surface area contributed by atoms with Crippen molar-refractivity contribution in [2.24, 2.45) is 11.8 Å². The number of piperidine rings is 1. The lowest BCUT2D eigenvalue weighted by Gasteiger charge is -2.49. The van der Waals surface area contributed by atoms with Crippen molar-refractivity contribution < 1.29 is 9.53 Å². The number of carbonyl (C=O) groups is 1. The van der Waals surface area contributed by atoms with Gasteiger partial charge in [0.15, 0.2) is 0 Å². The molecule has 1 amide bonds. The van der Waals surface area contributed by atoms with Crippen molar-refractivity contribution in [3.8, 4) is 0 Å². The molecule has 3 fully saturated rings. The Morgan fingerprint density at radius 3 is 2.68 bits per heavy atom. The highest BCUT2D eigenvalue weighted by Crippen LogP contribution is 2.46. The molecular weight excluding hydrogens is 312 g/mol. The van der Waals surface area contributed by atoms with Crippen molar-refractivity contribution in [3.63, 3.8) is 0 Å². The van der Waals surface area contributed by atoms with Crippen LogP contribution in [-0.4, -0.2) is 49.7 Å². The lowest BCUT2D eigenvalue weighted by atomic mass is 9.64. The van der Waals surface area contributed by atoms with Crippen LogP contribution in [0.1, 0.15) is 38.2 Å². The summed E-state index contributed by atoms with van der Waals surface area (Å²) in [5.74, 6) is 1.24. The molecule has 3 aliphatic rings. The monoisotopic (exact) mass is 342 g/mol. The number of fused-ring (bicyclic) bond motifs is 1. The molecule has 0 radical (unpaired) electrons. The van der Waals surface area contributed by atoms with E-state index in [1.54, 1.807) is 0 Å². The largest absolute Gasteiger partial charge is 0.377 e. The van der Waals surface area contributed by atoms with E-state index in [0.717, 1.165) is 45.4 Å². The van der Waals surface area contributed by atoms with Crippen molar-refractivity contribution in [1.29, 1.82) is 0 Å². The van der Waals surface area contributed by atoms with E-state index in [4.69, 9.17) is 4.74 Å². The van der Waals surface area contributed by atoms with Crippen LogP contribution in [0.25, 0.3) is 0 Å². The molecule has 0 unspecified atom stereocenters. The van der Waals surface area contributed by atoms with Crippen molar-refractivity contribution in [2.45, 2.75) is 50.2 Å². The zero-order chi connectivity index (χ0) is 17.4. The van der Waals surface area contributed by atoms with Crippen LogP contribution in [0.3, 0.4) is 0 Å². The van der Waals surface area contributed by atoms with E-state index in [1.165, 1.54) is 5.56 Å². The first kappa shape index (κ1) is 17.0. The maximum atomic E-state index is 13.5. The summed E-state index contributed by atoms with van der Waals surface area (Å²) in [4.78, 5) is 15.8. The minimum atomic E-state index is -0.378. The summed E-state index contributed by atoms with van der Waals surface area (Å²) in [7, 11) is 2.15. The summed E-state index contributed by atoms with van der Waals surface area (Å²) in [6, 6.07) is 10.7. The van der Waals surface area contributed by atoms with E-state index < -0.39 is 0 Å². The molecule has 4 nitrogen and oxygen atoms in total. The number of amides is 1. The van der Waals surface area contributed by atoms with Crippen LogP contribution in [0.2, 0.25) is 0 Å². The first-order chi connectivity index (χ1) is 12.2. The molecule has 2 aliphatic heterocycles. The second-order valence-electron chi connectivity index (χ2n) is 8.11. The number of nitrogens with one attached hydrogen (secondary N) is 1. The van der Waals surface area contributed by atoms with Crippen LogP contribution < -0.4 is 5.32 Å². The molecule has 1 aliphatic carbocycles. The van der Waals surface area contributed by atoms with Crippen molar-refractivity contribution in [1.82, 2.24) is 10.2 Å². The maximum Gasteiger partial charge on any atom is 0.230 e. The fraction of sp³-hybridized carbons (Fsp3) is 0.667. The van der Waals surface area contributed by atoms with Crippen molar-refractivity contribution in [3.05, 3.63) is 35.9 Å². The van der Waals surface area contributed by atoms with Gasteiger partial charge in [-0.3, -0.25) is 4.79 Å². The number of likely N-dealkylation sites (tertiary alicyclic amines) is 1. The molecule has 0 bridgehead atoms. The fourth-order valence-electron chi connectivity index (χ4n) is 5.22. The Balaban J connectivity index is 1.56. The van der Waals surface area contributed by atoms with Crippen LogP contribution in [0.5, 0.6) is 0 Å². The summed E-state index contributed by atoms with van der Waals surface area (Å²) in [5, 5.41) is 3.48. The van der Waals surface area contributed by atoms with Gasteiger partial charge in [0.1, 0.15) is 0 Å². The lowest BCUT2D eigenvalue weighted by molar-refractivity contribution is -0.134. The number of hydrogen-bond donors (Lipinski definition) is 1. The zero-order valence-corrected chi connectivity index (χ0v) is 15.4. The van der Waals surface area contributed by atoms with E-state index in [2.05, 4.69) is 48.5 Å². The van der Waals surface area contributed by atoms with Crippen LogP contribution in [-0.2, 0) is 14.9 Å². The van der Waals surface area contributed by atoms with Crippen LogP contribution >= 0.6 is 0 Å². The molecule has 2 saturated heterocycles.